The fourth-order valence-electron chi connectivity index (χ4n) is 2.44. The van der Waals surface area contributed by atoms with Crippen LogP contribution in [-0.2, 0) is 22.0 Å². The number of aryl methyl sites for hydroxylation is 1. The molecule has 0 saturated carbocycles. The average Bonchev–Trinajstić information content (AvgIpc) is 2.45. The molecular weight excluding hydrogens is 332 g/mol. The van der Waals surface area contributed by atoms with E-state index in [1.54, 1.807) is 0 Å². The Balaban J connectivity index is 0.00000101. The fourth-order valence-corrected chi connectivity index (χ4v) is 2.85. The van der Waals surface area contributed by atoms with E-state index in [0.717, 1.165) is 16.7 Å². The minimum absolute atomic E-state index is 0.109. The summed E-state index contributed by atoms with van der Waals surface area (Å²) in [6, 6.07) is 3.88. The largest absolute Gasteiger partial charge is 0.507 e. The maximum Gasteiger partial charge on any atom is 0.303 e. The highest BCUT2D eigenvalue weighted by Gasteiger charge is 2.26. The summed E-state index contributed by atoms with van der Waals surface area (Å²) in [5.41, 5.74) is 2.38. The first-order valence-electron chi connectivity index (χ1n) is 9.00. The lowest BCUT2D eigenvalue weighted by atomic mass is 9.78. The third-order valence-electron chi connectivity index (χ3n) is 3.82. The summed E-state index contributed by atoms with van der Waals surface area (Å²) in [7, 11) is 0. The Labute approximate surface area is 158 Å². The molecule has 4 heteroatoms. The molecule has 2 N–H and O–H groups in total. The Bertz CT molecular complexity index is 514. The van der Waals surface area contributed by atoms with Gasteiger partial charge in [-0.2, -0.15) is 11.8 Å². The Morgan fingerprint density at radius 1 is 0.960 bits per heavy atom. The van der Waals surface area contributed by atoms with E-state index in [2.05, 4.69) is 55.4 Å². The number of benzene rings is 1. The first-order chi connectivity index (χ1) is 11.3. The van der Waals surface area contributed by atoms with Crippen molar-refractivity contribution in [3.05, 3.63) is 28.8 Å². The van der Waals surface area contributed by atoms with Crippen LogP contribution in [0.3, 0.4) is 0 Å². The molecular formula is C21H36O3S. The SMILES string of the molecule is CC(C)(C)c1cc(CCC(=O)O)cc(C(C)(C)C)c1O.CCSCC. The van der Waals surface area contributed by atoms with Gasteiger partial charge in [0.05, 0.1) is 0 Å². The third kappa shape index (κ3) is 8.66. The number of carboxylic acids is 1. The third-order valence-corrected chi connectivity index (χ3v) is 4.64. The van der Waals surface area contributed by atoms with Crippen LogP contribution in [0.2, 0.25) is 0 Å². The van der Waals surface area contributed by atoms with Gasteiger partial charge in [0.1, 0.15) is 5.75 Å². The van der Waals surface area contributed by atoms with Crippen LogP contribution in [0, 0.1) is 0 Å². The zero-order chi connectivity index (χ0) is 19.8. The molecule has 1 aromatic carbocycles. The van der Waals surface area contributed by atoms with Gasteiger partial charge in [0.2, 0.25) is 0 Å². The number of carbonyl (C=O) groups is 1. The van der Waals surface area contributed by atoms with Crippen LogP contribution >= 0.6 is 11.8 Å². The van der Waals surface area contributed by atoms with Gasteiger partial charge in [-0.05, 0) is 45.4 Å². The minimum atomic E-state index is -0.798. The van der Waals surface area contributed by atoms with Gasteiger partial charge in [-0.25, -0.2) is 0 Å². The number of rotatable bonds is 5. The number of aliphatic carboxylic acids is 1. The van der Waals surface area contributed by atoms with Crippen molar-refractivity contribution in [1.29, 1.82) is 0 Å². The van der Waals surface area contributed by atoms with Crippen molar-refractivity contribution >= 4 is 17.7 Å². The lowest BCUT2D eigenvalue weighted by Crippen LogP contribution is -2.18. The van der Waals surface area contributed by atoms with E-state index < -0.39 is 5.97 Å². The first-order valence-corrected chi connectivity index (χ1v) is 10.2. The lowest BCUT2D eigenvalue weighted by Gasteiger charge is -2.28. The monoisotopic (exact) mass is 368 g/mol. The molecule has 1 aromatic rings. The molecule has 0 atom stereocenters. The fraction of sp³-hybridized carbons (Fsp3) is 0.667. The van der Waals surface area contributed by atoms with E-state index in [0.29, 0.717) is 12.2 Å². The molecule has 0 saturated heterocycles. The van der Waals surface area contributed by atoms with Gasteiger partial charge in [0.25, 0.3) is 0 Å². The molecule has 0 aliphatic heterocycles. The molecule has 0 aliphatic rings. The smallest absolute Gasteiger partial charge is 0.303 e. The van der Waals surface area contributed by atoms with Crippen LogP contribution in [0.25, 0.3) is 0 Å². The number of phenolic OH excluding ortho intramolecular Hbond substituents is 1. The van der Waals surface area contributed by atoms with E-state index in [1.807, 2.05) is 23.9 Å². The van der Waals surface area contributed by atoms with Crippen LogP contribution in [0.1, 0.15) is 78.5 Å². The number of phenols is 1. The molecule has 25 heavy (non-hydrogen) atoms. The van der Waals surface area contributed by atoms with E-state index in [1.165, 1.54) is 11.5 Å². The zero-order valence-electron chi connectivity index (χ0n) is 17.2. The maximum atomic E-state index is 10.8. The van der Waals surface area contributed by atoms with Crippen molar-refractivity contribution in [2.45, 2.75) is 79.1 Å². The minimum Gasteiger partial charge on any atom is -0.507 e. The molecule has 0 radical (unpaired) electrons. The van der Waals surface area contributed by atoms with E-state index in [9.17, 15) is 9.90 Å². The second kappa shape index (κ2) is 10.1. The van der Waals surface area contributed by atoms with E-state index in [-0.39, 0.29) is 17.3 Å². The summed E-state index contributed by atoms with van der Waals surface area (Å²) in [5, 5.41) is 19.4. The average molecular weight is 369 g/mol. The molecule has 0 amide bonds. The van der Waals surface area contributed by atoms with Crippen molar-refractivity contribution in [1.82, 2.24) is 0 Å². The predicted molar refractivity (Wildman–Crippen MR) is 110 cm³/mol. The van der Waals surface area contributed by atoms with Crippen molar-refractivity contribution in [3.8, 4) is 5.75 Å². The van der Waals surface area contributed by atoms with Gasteiger partial charge < -0.3 is 10.2 Å². The number of hydrogen-bond acceptors (Lipinski definition) is 3. The molecule has 3 nitrogen and oxygen atoms in total. The second-order valence-electron chi connectivity index (χ2n) is 8.21. The molecule has 0 heterocycles. The molecule has 0 spiro atoms. The summed E-state index contributed by atoms with van der Waals surface area (Å²) in [5.74, 6) is 2.06. The number of carboxylic acid groups (broad SMARTS) is 1. The number of aromatic hydroxyl groups is 1. The number of thioether (sulfide) groups is 1. The molecule has 144 valence electrons. The molecule has 0 aliphatic carbocycles. The van der Waals surface area contributed by atoms with Gasteiger partial charge >= 0.3 is 5.97 Å². The normalized spacial score (nSPS) is 11.7. The highest BCUT2D eigenvalue weighted by molar-refractivity contribution is 7.99. The predicted octanol–water partition coefficient (Wildman–Crippen LogP) is 5.76. The van der Waals surface area contributed by atoms with Crippen LogP contribution < -0.4 is 0 Å². The highest BCUT2D eigenvalue weighted by Crippen LogP contribution is 2.39. The molecule has 0 aromatic heterocycles. The Hall–Kier alpha value is -1.16. The van der Waals surface area contributed by atoms with Gasteiger partial charge in [-0.15, -0.1) is 0 Å². The van der Waals surface area contributed by atoms with Crippen molar-refractivity contribution in [2.75, 3.05) is 11.5 Å². The standard InChI is InChI=1S/C17H26O3.C4H10S/c1-16(2,3)12-9-11(7-8-14(18)19)10-13(15(12)20)17(4,5)6;1-3-5-4-2/h9-10,20H,7-8H2,1-6H3,(H,18,19);3-4H2,1-2H3. The highest BCUT2D eigenvalue weighted by atomic mass is 32.2. The lowest BCUT2D eigenvalue weighted by molar-refractivity contribution is -0.136. The Morgan fingerprint density at radius 2 is 1.36 bits per heavy atom. The Morgan fingerprint density at radius 3 is 1.60 bits per heavy atom. The van der Waals surface area contributed by atoms with Gasteiger partial charge in [0, 0.05) is 6.42 Å². The van der Waals surface area contributed by atoms with Crippen LogP contribution in [0.4, 0.5) is 0 Å². The van der Waals surface area contributed by atoms with Gasteiger partial charge in [-0.3, -0.25) is 4.79 Å². The molecule has 0 unspecified atom stereocenters. The topological polar surface area (TPSA) is 57.5 Å². The summed E-state index contributed by atoms with van der Waals surface area (Å²) >= 11 is 1.96. The summed E-state index contributed by atoms with van der Waals surface area (Å²) < 4.78 is 0. The zero-order valence-corrected chi connectivity index (χ0v) is 18.0. The summed E-state index contributed by atoms with van der Waals surface area (Å²) in [6.07, 6.45) is 0.597. The van der Waals surface area contributed by atoms with Crippen molar-refractivity contribution in [3.63, 3.8) is 0 Å². The quantitative estimate of drug-likeness (QED) is 0.693. The summed E-state index contributed by atoms with van der Waals surface area (Å²) in [4.78, 5) is 10.8. The Kier molecular flexibility index (Phi) is 9.63. The van der Waals surface area contributed by atoms with E-state index >= 15 is 0 Å². The van der Waals surface area contributed by atoms with Crippen LogP contribution in [0.5, 0.6) is 5.75 Å². The maximum absolute atomic E-state index is 10.8. The van der Waals surface area contributed by atoms with Crippen molar-refractivity contribution in [2.24, 2.45) is 0 Å². The van der Waals surface area contributed by atoms with Gasteiger partial charge in [0.15, 0.2) is 0 Å². The summed E-state index contributed by atoms with van der Waals surface area (Å²) in [6.45, 7) is 16.7. The first kappa shape index (κ1) is 23.8. The molecule has 0 bridgehead atoms. The van der Waals surface area contributed by atoms with Crippen LogP contribution in [-0.4, -0.2) is 27.7 Å². The van der Waals surface area contributed by atoms with Crippen LogP contribution in [0.15, 0.2) is 12.1 Å². The second-order valence-corrected chi connectivity index (χ2v) is 9.78. The van der Waals surface area contributed by atoms with Crippen molar-refractivity contribution < 1.29 is 15.0 Å². The molecule has 0 fully saturated rings. The van der Waals surface area contributed by atoms with Gasteiger partial charge in [-0.1, -0.05) is 67.5 Å². The van der Waals surface area contributed by atoms with E-state index in [4.69, 9.17) is 5.11 Å². The number of hydrogen-bond donors (Lipinski definition) is 2. The molecule has 1 rings (SSSR count).